The molecule has 2 aliphatic carbocycles. The number of ether oxygens (including phenoxy) is 4. The van der Waals surface area contributed by atoms with E-state index in [4.69, 9.17) is 24.4 Å². The second kappa shape index (κ2) is 59.2. The molecule has 0 aromatic carbocycles. The van der Waals surface area contributed by atoms with Crippen LogP contribution < -0.4 is 0 Å². The SMILES string of the molecule is CC.CC1CC2CC(C1)CC(C)(CO)C2.CCCCC/C=C\CCO.CCCCC/C=C\CCOC=O.CCCCCCC(O)CCC(=O)OCC(CO)(COC(=O)CCCCC)COC(=O)CCCCO.[W].[W]. The summed E-state index contributed by atoms with van der Waals surface area (Å²) in [6, 6.07) is 0. The topological polar surface area (TPSA) is 206 Å². The van der Waals surface area contributed by atoms with E-state index in [1.807, 2.05) is 20.8 Å². The molecule has 5 N–H and O–H groups in total. The Labute approximate surface area is 480 Å². The number of unbranched alkanes of at least 4 members (excludes halogenated alkanes) is 12. The number of aliphatic hydroxyl groups is 5. The summed E-state index contributed by atoms with van der Waals surface area (Å²) in [5, 5.41) is 46.7. The first kappa shape index (κ1) is 81.4. The average molecular weight is 1400 g/mol. The molecule has 4 atom stereocenters. The Morgan fingerprint density at radius 3 is 1.47 bits per heavy atom. The van der Waals surface area contributed by atoms with Gasteiger partial charge >= 0.3 is 17.9 Å². The maximum Gasteiger partial charge on any atom is 0.305 e. The Bertz CT molecular complexity index is 1260. The molecule has 0 radical (unpaired) electrons. The molecule has 0 spiro atoms. The van der Waals surface area contributed by atoms with Crippen molar-refractivity contribution in [2.45, 2.75) is 248 Å². The summed E-state index contributed by atoms with van der Waals surface area (Å²) in [5.41, 5.74) is -1.02. The largest absolute Gasteiger partial charge is 0.468 e. The van der Waals surface area contributed by atoms with Gasteiger partial charge in [0.15, 0.2) is 0 Å². The number of allylic oxidation sites excluding steroid dienone is 2. The molecule has 0 aliphatic heterocycles. The summed E-state index contributed by atoms with van der Waals surface area (Å²) < 4.78 is 20.4. The number of esters is 3. The molecule has 15 heteroatoms. The number of hydrogen-bond acceptors (Lipinski definition) is 13. The number of aliphatic hydroxyl groups excluding tert-OH is 5. The summed E-state index contributed by atoms with van der Waals surface area (Å²) in [5.74, 6) is 1.29. The molecule has 0 amide bonds. The number of fused-ring (bicyclic) bond motifs is 2. The molecule has 13 nitrogen and oxygen atoms in total. The Balaban J connectivity index is -0.000000330. The molecule has 4 unspecified atom stereocenters. The first-order chi connectivity index (χ1) is 34.8. The Morgan fingerprint density at radius 2 is 1.03 bits per heavy atom. The molecule has 0 aromatic rings. The van der Waals surface area contributed by atoms with E-state index in [0.29, 0.717) is 45.4 Å². The Kier molecular flexibility index (Phi) is 65.1. The first-order valence-corrected chi connectivity index (χ1v) is 28.7. The van der Waals surface area contributed by atoms with Crippen LogP contribution in [-0.4, -0.2) is 109 Å². The van der Waals surface area contributed by atoms with E-state index in [-0.39, 0.29) is 106 Å². The van der Waals surface area contributed by atoms with E-state index >= 15 is 0 Å². The van der Waals surface area contributed by atoms with Crippen LogP contribution in [0.1, 0.15) is 242 Å². The van der Waals surface area contributed by atoms with Gasteiger partial charge in [-0.25, -0.2) is 0 Å². The molecule has 2 bridgehead atoms. The normalized spacial score (nSPS) is 18.6. The van der Waals surface area contributed by atoms with Crippen molar-refractivity contribution in [3.8, 4) is 0 Å². The minimum Gasteiger partial charge on any atom is -0.468 e. The monoisotopic (exact) mass is 1400 g/mol. The zero-order chi connectivity index (χ0) is 54.6. The van der Waals surface area contributed by atoms with Crippen LogP contribution in [0.3, 0.4) is 0 Å². The van der Waals surface area contributed by atoms with Crippen LogP contribution in [0.15, 0.2) is 24.3 Å². The van der Waals surface area contributed by atoms with Gasteiger partial charge in [-0.15, -0.1) is 0 Å². The third-order valence-corrected chi connectivity index (χ3v) is 12.9. The van der Waals surface area contributed by atoms with Crippen LogP contribution in [0.5, 0.6) is 0 Å². The summed E-state index contributed by atoms with van der Waals surface area (Å²) in [4.78, 5) is 46.1. The van der Waals surface area contributed by atoms with E-state index in [9.17, 15) is 34.5 Å². The van der Waals surface area contributed by atoms with Gasteiger partial charge in [-0.05, 0) is 126 Å². The summed E-state index contributed by atoms with van der Waals surface area (Å²) in [6.07, 6.45) is 35.3. The summed E-state index contributed by atoms with van der Waals surface area (Å²) in [6.45, 7) is 17.5. The zero-order valence-corrected chi connectivity index (χ0v) is 54.0. The van der Waals surface area contributed by atoms with Crippen molar-refractivity contribution in [1.82, 2.24) is 0 Å². The molecule has 0 heterocycles. The van der Waals surface area contributed by atoms with E-state index in [2.05, 4.69) is 63.7 Å². The van der Waals surface area contributed by atoms with Crippen LogP contribution in [-0.2, 0) is 80.3 Å². The average Bonchev–Trinajstić information content (AvgIpc) is 3.37. The summed E-state index contributed by atoms with van der Waals surface area (Å²) >= 11 is 0. The van der Waals surface area contributed by atoms with E-state index in [1.54, 1.807) is 0 Å². The van der Waals surface area contributed by atoms with E-state index < -0.39 is 36.0 Å². The van der Waals surface area contributed by atoms with Crippen LogP contribution in [0.2, 0.25) is 0 Å². The third-order valence-electron chi connectivity index (χ3n) is 12.9. The molecule has 2 rings (SSSR count). The quantitative estimate of drug-likeness (QED) is 0.0128. The fourth-order valence-corrected chi connectivity index (χ4v) is 8.91. The number of carbonyl (C=O) groups excluding carboxylic acids is 4. The fraction of sp³-hybridized carbons (Fsp3) is 0.864. The van der Waals surface area contributed by atoms with Crippen molar-refractivity contribution in [3.63, 3.8) is 0 Å². The van der Waals surface area contributed by atoms with Gasteiger partial charge in [0.25, 0.3) is 6.47 Å². The van der Waals surface area contributed by atoms with Crippen LogP contribution >= 0.6 is 0 Å². The maximum atomic E-state index is 12.3. The molecular weight excluding hydrogens is 1280 g/mol. The van der Waals surface area contributed by atoms with E-state index in [1.165, 1.54) is 77.0 Å². The molecule has 0 aromatic heterocycles. The van der Waals surface area contributed by atoms with Crippen LogP contribution in [0, 0.1) is 28.6 Å². The van der Waals surface area contributed by atoms with Gasteiger partial charge in [-0.2, -0.15) is 0 Å². The predicted molar refractivity (Wildman–Crippen MR) is 292 cm³/mol. The molecule has 0 saturated heterocycles. The third kappa shape index (κ3) is 51.3. The molecule has 438 valence electrons. The van der Waals surface area contributed by atoms with Gasteiger partial charge in [0.05, 0.1) is 24.7 Å². The van der Waals surface area contributed by atoms with Gasteiger partial charge in [0.1, 0.15) is 19.8 Å². The van der Waals surface area contributed by atoms with Crippen molar-refractivity contribution >= 4 is 24.4 Å². The van der Waals surface area contributed by atoms with Crippen molar-refractivity contribution in [3.05, 3.63) is 24.3 Å². The van der Waals surface area contributed by atoms with Crippen LogP contribution in [0.4, 0.5) is 0 Å². The minimum absolute atomic E-state index is 0. The molecule has 2 saturated carbocycles. The molecule has 2 aliphatic rings. The second-order valence-corrected chi connectivity index (χ2v) is 20.4. The standard InChI is InChI=1S/C26H48O9.C12H22O.C10H18O2.C9H18O.C2H6.2W/c1-3-5-7-9-12-22(29)15-16-25(32)35-21-26(18-28,19-33-23(30)13-8-6-4-2)20-34-24(31)14-10-11-17-27;1-9-3-10-5-11(4-9)7-12(2,6-10)8-13;1-2-3-4-5-6-7-8-9-12-10-11;1-2-3-4-5-6-7-8-9-10;1-2;;/h22,27-29H,3-21H2,1-2H3;9-11,13H,3-8H2,1-2H3;6-7,10H,2-5,8-9H2,1H3;6-7,10H,2-5,8-9H2,1H3;1-2H3;;/b;;2*7-6-;;;. The van der Waals surface area contributed by atoms with Gasteiger partial charge < -0.3 is 44.5 Å². The number of rotatable bonds is 38. The van der Waals surface area contributed by atoms with Gasteiger partial charge in [-0.1, -0.05) is 144 Å². The van der Waals surface area contributed by atoms with Crippen LogP contribution in [0.25, 0.3) is 0 Å². The zero-order valence-electron chi connectivity index (χ0n) is 48.2. The summed E-state index contributed by atoms with van der Waals surface area (Å²) in [7, 11) is 0. The van der Waals surface area contributed by atoms with Crippen molar-refractivity contribution in [2.24, 2.45) is 28.6 Å². The smallest absolute Gasteiger partial charge is 0.305 e. The van der Waals surface area contributed by atoms with Crippen molar-refractivity contribution in [2.75, 3.05) is 52.9 Å². The molecule has 74 heavy (non-hydrogen) atoms. The predicted octanol–water partition coefficient (Wildman–Crippen LogP) is 12.5. The fourth-order valence-electron chi connectivity index (χ4n) is 8.91. The van der Waals surface area contributed by atoms with Crippen molar-refractivity contribution in [1.29, 1.82) is 0 Å². The maximum absolute atomic E-state index is 12.3. The Hall–Kier alpha value is -1.46. The van der Waals surface area contributed by atoms with Gasteiger partial charge in [-0.3, -0.25) is 19.2 Å². The minimum atomic E-state index is -1.28. The van der Waals surface area contributed by atoms with E-state index in [0.717, 1.165) is 75.5 Å². The second-order valence-electron chi connectivity index (χ2n) is 20.4. The molecule has 2 fully saturated rings. The number of carbonyl (C=O) groups is 4. The molecular formula is C59H112O13W2. The van der Waals surface area contributed by atoms with Gasteiger partial charge in [0.2, 0.25) is 0 Å². The first-order valence-electron chi connectivity index (χ1n) is 28.7. The van der Waals surface area contributed by atoms with Crippen molar-refractivity contribution < 1.29 is 106 Å². The number of hydrogen-bond donors (Lipinski definition) is 5. The van der Waals surface area contributed by atoms with Gasteiger partial charge in [0, 0.05) is 81.2 Å². The Morgan fingerprint density at radius 1 is 0.581 bits per heavy atom.